The molecule has 0 heteroatoms. The van der Waals surface area contributed by atoms with E-state index >= 15 is 0 Å². The fourth-order valence-electron chi connectivity index (χ4n) is 10.6. The van der Waals surface area contributed by atoms with Crippen LogP contribution in [0.15, 0.2) is 218 Å². The predicted molar refractivity (Wildman–Crippen MR) is 277 cm³/mol. The molecule has 0 unspecified atom stereocenters. The molecule has 0 atom stereocenters. The molecule has 0 aliphatic carbocycles. The van der Waals surface area contributed by atoms with Crippen molar-refractivity contribution in [1.82, 2.24) is 0 Å². The molecule has 64 heavy (non-hydrogen) atoms. The maximum absolute atomic E-state index is 2.48. The van der Waals surface area contributed by atoms with Gasteiger partial charge in [-0.2, -0.15) is 0 Å². The molecular formula is C64H46. The van der Waals surface area contributed by atoms with E-state index in [9.17, 15) is 0 Å². The van der Waals surface area contributed by atoms with E-state index in [1.54, 1.807) is 0 Å². The van der Waals surface area contributed by atoms with E-state index in [1.807, 2.05) is 0 Å². The highest BCUT2D eigenvalue weighted by atomic mass is 14.3. The zero-order valence-corrected chi connectivity index (χ0v) is 36.2. The van der Waals surface area contributed by atoms with E-state index in [2.05, 4.69) is 232 Å². The third-order valence-corrected chi connectivity index (χ3v) is 13.8. The van der Waals surface area contributed by atoms with Gasteiger partial charge in [0.25, 0.3) is 0 Å². The van der Waals surface area contributed by atoms with Gasteiger partial charge in [-0.3, -0.25) is 0 Å². The van der Waals surface area contributed by atoms with E-state index in [0.29, 0.717) is 0 Å². The molecule has 0 N–H and O–H groups in total. The van der Waals surface area contributed by atoms with Crippen LogP contribution in [0.1, 0.15) is 25.0 Å². The van der Waals surface area contributed by atoms with Crippen LogP contribution in [-0.2, 0) is 12.8 Å². The Kier molecular flexibility index (Phi) is 9.20. The Bertz CT molecular complexity index is 3440. The van der Waals surface area contributed by atoms with Crippen LogP contribution < -0.4 is 0 Å². The van der Waals surface area contributed by atoms with Crippen molar-refractivity contribution in [1.29, 1.82) is 0 Å². The Hall–Kier alpha value is -7.80. The minimum absolute atomic E-state index is 1.01. The highest BCUT2D eigenvalue weighted by Gasteiger charge is 2.23. The zero-order valence-electron chi connectivity index (χ0n) is 36.2. The average molecular weight is 815 g/mol. The summed E-state index contributed by atoms with van der Waals surface area (Å²) in [6.45, 7) is 4.47. The lowest BCUT2D eigenvalue weighted by atomic mass is 9.80. The first-order valence-electron chi connectivity index (χ1n) is 22.8. The van der Waals surface area contributed by atoms with Gasteiger partial charge in [0.05, 0.1) is 0 Å². The number of fused-ring (bicyclic) bond motifs is 2. The van der Waals surface area contributed by atoms with Crippen LogP contribution in [0.5, 0.6) is 0 Å². The van der Waals surface area contributed by atoms with Crippen molar-refractivity contribution >= 4 is 53.9 Å². The van der Waals surface area contributed by atoms with Crippen LogP contribution >= 0.6 is 0 Å². The molecule has 12 aromatic rings. The summed E-state index contributed by atoms with van der Waals surface area (Å²) in [6.07, 6.45) is 2.02. The first-order chi connectivity index (χ1) is 31.7. The summed E-state index contributed by atoms with van der Waals surface area (Å²) >= 11 is 0. The minimum atomic E-state index is 1.01. The number of benzene rings is 12. The molecule has 12 rings (SSSR count). The van der Waals surface area contributed by atoms with E-state index in [4.69, 9.17) is 0 Å². The molecule has 302 valence electrons. The Labute approximate surface area is 375 Å². The van der Waals surface area contributed by atoms with Gasteiger partial charge in [-0.1, -0.05) is 220 Å². The Morgan fingerprint density at radius 1 is 0.219 bits per heavy atom. The van der Waals surface area contributed by atoms with Crippen LogP contribution in [0.4, 0.5) is 0 Å². The summed E-state index contributed by atoms with van der Waals surface area (Å²) < 4.78 is 0. The lowest BCUT2D eigenvalue weighted by Crippen LogP contribution is -1.95. The molecule has 0 fully saturated rings. The van der Waals surface area contributed by atoms with Crippen LogP contribution in [0, 0.1) is 0 Å². The predicted octanol–water partition coefficient (Wildman–Crippen LogP) is 18.0. The zero-order chi connectivity index (χ0) is 42.7. The maximum Gasteiger partial charge on any atom is -0.00139 e. The average Bonchev–Trinajstić information content (AvgIpc) is 3.37. The first kappa shape index (κ1) is 37.9. The lowest BCUT2D eigenvalue weighted by molar-refractivity contribution is 1.14. The van der Waals surface area contributed by atoms with Crippen LogP contribution in [0.25, 0.3) is 121 Å². The molecule has 12 aromatic carbocycles. The summed E-state index contributed by atoms with van der Waals surface area (Å²) in [5.74, 6) is 0. The van der Waals surface area contributed by atoms with Gasteiger partial charge in [0.15, 0.2) is 0 Å². The largest absolute Gasteiger partial charge is 0.0622 e. The van der Waals surface area contributed by atoms with Gasteiger partial charge in [0.1, 0.15) is 0 Å². The van der Waals surface area contributed by atoms with Crippen molar-refractivity contribution in [3.8, 4) is 66.8 Å². The molecule has 0 aromatic heterocycles. The van der Waals surface area contributed by atoms with Crippen molar-refractivity contribution in [2.24, 2.45) is 0 Å². The van der Waals surface area contributed by atoms with Crippen molar-refractivity contribution in [2.45, 2.75) is 26.7 Å². The maximum atomic E-state index is 2.48. The molecule has 0 spiro atoms. The third-order valence-electron chi connectivity index (χ3n) is 13.8. The van der Waals surface area contributed by atoms with Gasteiger partial charge >= 0.3 is 0 Å². The standard InChI is InChI=1S/C64H46/c1-3-41-23-27-45(28-24-41)59-39-61(53-33-31-47(43-15-7-5-8-16-43)49-19-11-13-21-51(49)53)57-38-36-56-60(46-29-25-42(4-2)26-30-46)40-62(58-37-35-55(59)63(57)64(56)58)54-34-32-48(44-17-9-6-10-18-44)50-20-12-14-22-52(50)54/h5-40H,3-4H2,1-2H3. The van der Waals surface area contributed by atoms with Gasteiger partial charge in [0.2, 0.25) is 0 Å². The highest BCUT2D eigenvalue weighted by molar-refractivity contribution is 6.33. The second-order valence-electron chi connectivity index (χ2n) is 17.3. The number of aryl methyl sites for hydroxylation is 2. The monoisotopic (exact) mass is 814 g/mol. The summed E-state index contributed by atoms with van der Waals surface area (Å²) in [4.78, 5) is 0. The highest BCUT2D eigenvalue weighted by Crippen LogP contribution is 2.50. The molecule has 0 radical (unpaired) electrons. The van der Waals surface area contributed by atoms with Gasteiger partial charge in [-0.05, 0) is 157 Å². The number of hydrogen-bond acceptors (Lipinski definition) is 0. The fraction of sp³-hybridized carbons (Fsp3) is 0.0625. The Morgan fingerprint density at radius 3 is 0.875 bits per heavy atom. The van der Waals surface area contributed by atoms with E-state index in [0.717, 1.165) is 12.8 Å². The smallest absolute Gasteiger partial charge is 0.00139 e. The van der Waals surface area contributed by atoms with Gasteiger partial charge < -0.3 is 0 Å². The summed E-state index contributed by atoms with van der Waals surface area (Å²) in [5.41, 5.74) is 17.6. The van der Waals surface area contributed by atoms with Gasteiger partial charge in [-0.15, -0.1) is 0 Å². The molecule has 0 aliphatic rings. The summed E-state index contributed by atoms with van der Waals surface area (Å²) in [6, 6.07) is 82.1. The second-order valence-corrected chi connectivity index (χ2v) is 17.3. The summed E-state index contributed by atoms with van der Waals surface area (Å²) in [7, 11) is 0. The second kappa shape index (κ2) is 15.5. The lowest BCUT2D eigenvalue weighted by Gasteiger charge is -2.23. The molecule has 0 saturated carbocycles. The summed E-state index contributed by atoms with van der Waals surface area (Å²) in [5, 5.41) is 12.8. The molecule has 0 aliphatic heterocycles. The molecule has 0 heterocycles. The van der Waals surface area contributed by atoms with Crippen LogP contribution in [0.3, 0.4) is 0 Å². The fourth-order valence-corrected chi connectivity index (χ4v) is 10.6. The quantitative estimate of drug-likeness (QED) is 0.134. The minimum Gasteiger partial charge on any atom is -0.0622 e. The van der Waals surface area contributed by atoms with Crippen molar-refractivity contribution in [3.05, 3.63) is 230 Å². The van der Waals surface area contributed by atoms with E-state index < -0.39 is 0 Å². The molecule has 0 amide bonds. The van der Waals surface area contributed by atoms with E-state index in [-0.39, 0.29) is 0 Å². The number of hydrogen-bond donors (Lipinski definition) is 0. The van der Waals surface area contributed by atoms with Crippen molar-refractivity contribution in [3.63, 3.8) is 0 Å². The normalized spacial score (nSPS) is 11.7. The molecule has 0 saturated heterocycles. The van der Waals surface area contributed by atoms with Gasteiger partial charge in [-0.25, -0.2) is 0 Å². The van der Waals surface area contributed by atoms with E-state index in [1.165, 1.54) is 132 Å². The Balaban J connectivity index is 1.21. The van der Waals surface area contributed by atoms with Crippen LogP contribution in [0.2, 0.25) is 0 Å². The van der Waals surface area contributed by atoms with Crippen molar-refractivity contribution in [2.75, 3.05) is 0 Å². The van der Waals surface area contributed by atoms with Crippen molar-refractivity contribution < 1.29 is 0 Å². The number of rotatable bonds is 8. The third kappa shape index (κ3) is 6.13. The SMILES string of the molecule is CCc1ccc(-c2cc(-c3ccc(-c4ccccc4)c4ccccc34)c3ccc4c(-c5ccc(CC)cc5)cc(-c5ccc(-c6ccccc6)c6ccccc56)c5ccc2c3c45)cc1. The first-order valence-corrected chi connectivity index (χ1v) is 22.8. The van der Waals surface area contributed by atoms with Crippen LogP contribution in [-0.4, -0.2) is 0 Å². The Morgan fingerprint density at radius 2 is 0.516 bits per heavy atom. The molecule has 0 nitrogen and oxygen atoms in total. The van der Waals surface area contributed by atoms with Gasteiger partial charge in [0, 0.05) is 0 Å². The molecular weight excluding hydrogens is 769 g/mol. The molecule has 0 bridgehead atoms. The topological polar surface area (TPSA) is 0 Å².